The molecule has 3 aromatic rings. The first-order valence-corrected chi connectivity index (χ1v) is 14.4. The number of hydrogen-bond donors (Lipinski definition) is 1. The van der Waals surface area contributed by atoms with Gasteiger partial charge in [-0.2, -0.15) is 0 Å². The molecule has 0 radical (unpaired) electrons. The lowest BCUT2D eigenvalue weighted by molar-refractivity contribution is -0.0632. The summed E-state index contributed by atoms with van der Waals surface area (Å²) in [6.45, 7) is 8.98. The van der Waals surface area contributed by atoms with Gasteiger partial charge in [0.2, 0.25) is 5.95 Å². The summed E-state index contributed by atoms with van der Waals surface area (Å²) in [5.41, 5.74) is 2.08. The number of piperidine rings is 1. The average Bonchev–Trinajstić information content (AvgIpc) is 2.97. The van der Waals surface area contributed by atoms with Gasteiger partial charge in [0.05, 0.1) is 11.6 Å². The average molecular weight is 567 g/mol. The summed E-state index contributed by atoms with van der Waals surface area (Å²) in [6.07, 6.45) is 3.02. The van der Waals surface area contributed by atoms with E-state index in [-0.39, 0.29) is 44.4 Å². The van der Waals surface area contributed by atoms with Gasteiger partial charge in [0, 0.05) is 108 Å². The second-order valence-electron chi connectivity index (χ2n) is 11.5. The fourth-order valence-corrected chi connectivity index (χ4v) is 5.63. The zero-order chi connectivity index (χ0) is 29.1. The third-order valence-corrected chi connectivity index (χ3v) is 8.20. The molecule has 2 fully saturated rings. The summed E-state index contributed by atoms with van der Waals surface area (Å²) in [5.74, 6) is -1.41. The van der Waals surface area contributed by atoms with Gasteiger partial charge in [-0.25, -0.2) is 23.7 Å². The van der Waals surface area contributed by atoms with E-state index in [1.54, 1.807) is 23.4 Å². The van der Waals surface area contributed by atoms with E-state index in [1.807, 2.05) is 43.3 Å². The Hall–Kier alpha value is -3.44. The minimum Gasteiger partial charge on any atom is -0.354 e. The van der Waals surface area contributed by atoms with Crippen LogP contribution in [-0.4, -0.2) is 103 Å². The fraction of sp³-hybridized carbons (Fsp3) is 0.533. The number of nitrogens with one attached hydrogen (secondary N) is 1. The molecule has 0 bridgehead atoms. The molecule has 2 aliphatic rings. The van der Waals surface area contributed by atoms with Crippen LogP contribution in [0.2, 0.25) is 0 Å². The number of benzene rings is 1. The van der Waals surface area contributed by atoms with Crippen LogP contribution in [0.4, 0.5) is 20.5 Å². The SMILES string of the molecule is CC(C)N1CCN(c2ccc3c(C(=O)NCC(c4cnc(N(C)C)nc4)N4CCC(F)(F)CC4)cccc3n2)CC1. The first kappa shape index (κ1) is 29.1. The molecule has 4 heterocycles. The van der Waals surface area contributed by atoms with Crippen molar-refractivity contribution in [3.8, 4) is 0 Å². The van der Waals surface area contributed by atoms with Gasteiger partial charge in [0.1, 0.15) is 5.82 Å². The lowest BCUT2D eigenvalue weighted by Gasteiger charge is -2.37. The summed E-state index contributed by atoms with van der Waals surface area (Å²) in [7, 11) is 3.71. The van der Waals surface area contributed by atoms with E-state index >= 15 is 0 Å². The molecule has 41 heavy (non-hydrogen) atoms. The Morgan fingerprint density at radius 2 is 1.66 bits per heavy atom. The lowest BCUT2D eigenvalue weighted by atomic mass is 10.0. The van der Waals surface area contributed by atoms with Crippen molar-refractivity contribution < 1.29 is 13.6 Å². The zero-order valence-electron chi connectivity index (χ0n) is 24.4. The van der Waals surface area contributed by atoms with Gasteiger partial charge in [0.15, 0.2) is 0 Å². The van der Waals surface area contributed by atoms with E-state index < -0.39 is 5.92 Å². The van der Waals surface area contributed by atoms with E-state index in [4.69, 9.17) is 4.98 Å². The van der Waals surface area contributed by atoms with E-state index in [0.717, 1.165) is 48.5 Å². The summed E-state index contributed by atoms with van der Waals surface area (Å²) in [4.78, 5) is 35.8. The number of likely N-dealkylation sites (tertiary alicyclic amines) is 1. The molecule has 0 spiro atoms. The van der Waals surface area contributed by atoms with Crippen LogP contribution < -0.4 is 15.1 Å². The number of alkyl halides is 2. The van der Waals surface area contributed by atoms with Crippen LogP contribution in [0.5, 0.6) is 0 Å². The number of carbonyl (C=O) groups is 1. The van der Waals surface area contributed by atoms with Crippen LogP contribution in [0.15, 0.2) is 42.7 Å². The quantitative estimate of drug-likeness (QED) is 0.441. The van der Waals surface area contributed by atoms with Crippen molar-refractivity contribution in [3.05, 3.63) is 53.9 Å². The molecule has 1 unspecified atom stereocenters. The number of fused-ring (bicyclic) bond motifs is 1. The maximum atomic E-state index is 13.9. The largest absolute Gasteiger partial charge is 0.354 e. The molecule has 2 saturated heterocycles. The number of pyridine rings is 1. The van der Waals surface area contributed by atoms with Gasteiger partial charge in [-0.15, -0.1) is 0 Å². The number of rotatable bonds is 8. The first-order chi connectivity index (χ1) is 19.6. The number of amides is 1. The van der Waals surface area contributed by atoms with Crippen molar-refractivity contribution in [2.75, 3.05) is 69.7 Å². The Morgan fingerprint density at radius 3 is 2.29 bits per heavy atom. The number of hydrogen-bond acceptors (Lipinski definition) is 8. The number of carbonyl (C=O) groups excluding carboxylic acids is 1. The number of halogens is 2. The third kappa shape index (κ3) is 6.73. The second-order valence-corrected chi connectivity index (χ2v) is 11.5. The first-order valence-electron chi connectivity index (χ1n) is 14.4. The molecule has 5 rings (SSSR count). The second kappa shape index (κ2) is 12.2. The summed E-state index contributed by atoms with van der Waals surface area (Å²) < 4.78 is 27.9. The summed E-state index contributed by atoms with van der Waals surface area (Å²) in [5, 5.41) is 3.84. The maximum Gasteiger partial charge on any atom is 0.252 e. The molecular weight excluding hydrogens is 526 g/mol. The monoisotopic (exact) mass is 566 g/mol. The smallest absolute Gasteiger partial charge is 0.252 e. The Balaban J connectivity index is 1.32. The van der Waals surface area contributed by atoms with Crippen molar-refractivity contribution in [1.29, 1.82) is 0 Å². The van der Waals surface area contributed by atoms with Gasteiger partial charge < -0.3 is 15.1 Å². The highest BCUT2D eigenvalue weighted by atomic mass is 19.3. The molecular formula is C30H40F2N8O. The third-order valence-electron chi connectivity index (χ3n) is 8.20. The van der Waals surface area contributed by atoms with Crippen LogP contribution in [0.25, 0.3) is 10.9 Å². The van der Waals surface area contributed by atoms with Gasteiger partial charge >= 0.3 is 0 Å². The Bertz CT molecular complexity index is 1330. The highest BCUT2D eigenvalue weighted by Gasteiger charge is 2.37. The molecule has 220 valence electrons. The van der Waals surface area contributed by atoms with Gasteiger partial charge in [-0.05, 0) is 38.1 Å². The fourth-order valence-electron chi connectivity index (χ4n) is 5.63. The Morgan fingerprint density at radius 1 is 0.976 bits per heavy atom. The van der Waals surface area contributed by atoms with Crippen LogP contribution >= 0.6 is 0 Å². The molecule has 11 heteroatoms. The molecule has 1 atom stereocenters. The molecule has 0 saturated carbocycles. The minimum absolute atomic E-state index is 0.210. The number of nitrogens with zero attached hydrogens (tertiary/aromatic N) is 7. The van der Waals surface area contributed by atoms with E-state index in [2.05, 4.69) is 38.9 Å². The van der Waals surface area contributed by atoms with Crippen LogP contribution in [0, 0.1) is 0 Å². The van der Waals surface area contributed by atoms with E-state index in [0.29, 0.717) is 17.6 Å². The Labute approximate surface area is 240 Å². The van der Waals surface area contributed by atoms with E-state index in [9.17, 15) is 13.6 Å². The maximum absolute atomic E-state index is 13.9. The Kier molecular flexibility index (Phi) is 8.65. The normalized spacial score (nSPS) is 19.0. The number of piperazine rings is 1. The topological polar surface area (TPSA) is 80.7 Å². The highest BCUT2D eigenvalue weighted by molar-refractivity contribution is 6.06. The van der Waals surface area contributed by atoms with Gasteiger partial charge in [0.25, 0.3) is 11.8 Å². The molecule has 9 nitrogen and oxygen atoms in total. The van der Waals surface area contributed by atoms with Crippen LogP contribution in [-0.2, 0) is 0 Å². The zero-order valence-corrected chi connectivity index (χ0v) is 24.4. The van der Waals surface area contributed by atoms with Crippen molar-refractivity contribution in [2.24, 2.45) is 0 Å². The number of aromatic nitrogens is 3. The predicted molar refractivity (Wildman–Crippen MR) is 158 cm³/mol. The lowest BCUT2D eigenvalue weighted by Crippen LogP contribution is -2.49. The molecule has 1 aromatic carbocycles. The van der Waals surface area contributed by atoms with Crippen molar-refractivity contribution in [3.63, 3.8) is 0 Å². The van der Waals surface area contributed by atoms with E-state index in [1.165, 1.54) is 0 Å². The molecule has 1 amide bonds. The van der Waals surface area contributed by atoms with Crippen LogP contribution in [0.3, 0.4) is 0 Å². The minimum atomic E-state index is -2.66. The molecule has 2 aliphatic heterocycles. The highest BCUT2D eigenvalue weighted by Crippen LogP contribution is 2.32. The van der Waals surface area contributed by atoms with Gasteiger partial charge in [-0.3, -0.25) is 14.6 Å². The molecule has 1 N–H and O–H groups in total. The summed E-state index contributed by atoms with van der Waals surface area (Å²) in [6, 6.07) is 9.75. The molecule has 0 aliphatic carbocycles. The molecule has 2 aromatic heterocycles. The van der Waals surface area contributed by atoms with Crippen molar-refractivity contribution in [2.45, 2.75) is 44.7 Å². The predicted octanol–water partition coefficient (Wildman–Crippen LogP) is 3.82. The van der Waals surface area contributed by atoms with Gasteiger partial charge in [-0.1, -0.05) is 6.07 Å². The van der Waals surface area contributed by atoms with Crippen molar-refractivity contribution >= 4 is 28.6 Å². The standard InChI is InChI=1S/C30H40F2N8O/c1-21(2)38-14-16-40(17-15-38)27-9-8-23-24(6-5-7-25(23)36-27)28(41)33-20-26(39-12-10-30(31,32)11-13-39)22-18-34-29(35-19-22)37(3)4/h5-9,18-19,21,26H,10-17,20H2,1-4H3,(H,33,41). The summed E-state index contributed by atoms with van der Waals surface area (Å²) >= 11 is 0. The number of anilines is 2. The van der Waals surface area contributed by atoms with Crippen molar-refractivity contribution in [1.82, 2.24) is 30.1 Å². The van der Waals surface area contributed by atoms with Crippen LogP contribution in [0.1, 0.15) is 48.7 Å².